The van der Waals surface area contributed by atoms with Gasteiger partial charge < -0.3 is 10.4 Å². The lowest BCUT2D eigenvalue weighted by Crippen LogP contribution is -2.52. The number of rotatable bonds is 6. The second-order valence-electron chi connectivity index (χ2n) is 7.26. The Morgan fingerprint density at radius 3 is 2.04 bits per heavy atom. The van der Waals surface area contributed by atoms with E-state index in [9.17, 15) is 19.5 Å². The number of carbonyl (C=O) groups excluding carboxylic acids is 3. The lowest BCUT2D eigenvalue weighted by atomic mass is 10.0. The van der Waals surface area contributed by atoms with E-state index in [0.29, 0.717) is 11.1 Å². The molecule has 0 fully saturated rings. The first kappa shape index (κ1) is 18.8. The molecule has 0 radical (unpaired) electrons. The highest BCUT2D eigenvalue weighted by molar-refractivity contribution is 6.22. The molecule has 1 aliphatic rings. The van der Waals surface area contributed by atoms with E-state index >= 15 is 0 Å². The van der Waals surface area contributed by atoms with Crippen molar-refractivity contribution in [2.75, 3.05) is 6.54 Å². The Hall–Kier alpha value is -2.99. The third kappa shape index (κ3) is 4.06. The number of imide groups is 1. The van der Waals surface area contributed by atoms with Crippen LogP contribution in [0.1, 0.15) is 40.1 Å². The molecule has 6 heteroatoms. The van der Waals surface area contributed by atoms with Crippen molar-refractivity contribution in [3.05, 3.63) is 71.3 Å². The van der Waals surface area contributed by atoms with Crippen LogP contribution in [0, 0.1) is 0 Å². The van der Waals surface area contributed by atoms with E-state index in [1.807, 2.05) is 30.3 Å². The standard InChI is InChI=1S/C21H22N2O4/c1-21(2,27)13-22-18(24)17(12-14-8-4-3-5-9-14)23-19(25)15-10-6-7-11-16(15)20(23)26/h3-11,17,27H,12-13H2,1-2H3,(H,22,24)/t17-/m0/s1. The van der Waals surface area contributed by atoms with Crippen LogP contribution in [0.15, 0.2) is 54.6 Å². The number of carbonyl (C=O) groups is 3. The van der Waals surface area contributed by atoms with Crippen molar-refractivity contribution in [3.63, 3.8) is 0 Å². The molecule has 140 valence electrons. The summed E-state index contributed by atoms with van der Waals surface area (Å²) in [5.41, 5.74) is 0.332. The molecular weight excluding hydrogens is 344 g/mol. The first-order valence-electron chi connectivity index (χ1n) is 8.79. The third-order valence-corrected chi connectivity index (χ3v) is 4.41. The minimum absolute atomic E-state index is 0.0142. The van der Waals surface area contributed by atoms with Gasteiger partial charge >= 0.3 is 0 Å². The minimum atomic E-state index is -1.10. The van der Waals surface area contributed by atoms with Crippen LogP contribution >= 0.6 is 0 Å². The minimum Gasteiger partial charge on any atom is -0.389 e. The zero-order valence-corrected chi connectivity index (χ0v) is 15.3. The van der Waals surface area contributed by atoms with Crippen molar-refractivity contribution in [3.8, 4) is 0 Å². The van der Waals surface area contributed by atoms with Gasteiger partial charge in [0.05, 0.1) is 16.7 Å². The van der Waals surface area contributed by atoms with Gasteiger partial charge in [-0.2, -0.15) is 0 Å². The summed E-state index contributed by atoms with van der Waals surface area (Å²) in [6.07, 6.45) is 0.198. The maximum absolute atomic E-state index is 12.9. The monoisotopic (exact) mass is 366 g/mol. The van der Waals surface area contributed by atoms with E-state index in [0.717, 1.165) is 10.5 Å². The number of fused-ring (bicyclic) bond motifs is 1. The molecule has 27 heavy (non-hydrogen) atoms. The topological polar surface area (TPSA) is 86.7 Å². The van der Waals surface area contributed by atoms with E-state index in [1.165, 1.54) is 0 Å². The molecule has 0 saturated heterocycles. The molecule has 1 atom stereocenters. The van der Waals surface area contributed by atoms with Gasteiger partial charge in [0.25, 0.3) is 11.8 Å². The molecule has 0 spiro atoms. The van der Waals surface area contributed by atoms with E-state index < -0.39 is 29.4 Å². The van der Waals surface area contributed by atoms with E-state index in [-0.39, 0.29) is 13.0 Å². The largest absolute Gasteiger partial charge is 0.389 e. The van der Waals surface area contributed by atoms with E-state index in [1.54, 1.807) is 38.1 Å². The number of nitrogens with one attached hydrogen (secondary N) is 1. The summed E-state index contributed by atoms with van der Waals surface area (Å²) in [6, 6.07) is 14.8. The fourth-order valence-corrected chi connectivity index (χ4v) is 3.05. The fraction of sp³-hybridized carbons (Fsp3) is 0.286. The van der Waals surface area contributed by atoms with Crippen LogP contribution in [0.25, 0.3) is 0 Å². The van der Waals surface area contributed by atoms with Crippen molar-refractivity contribution in [1.29, 1.82) is 0 Å². The van der Waals surface area contributed by atoms with Gasteiger partial charge in [-0.3, -0.25) is 19.3 Å². The quantitative estimate of drug-likeness (QED) is 0.763. The number of nitrogens with zero attached hydrogens (tertiary/aromatic N) is 1. The van der Waals surface area contributed by atoms with Gasteiger partial charge in [0.1, 0.15) is 6.04 Å². The molecular formula is C21H22N2O4. The van der Waals surface area contributed by atoms with Gasteiger partial charge in [0.15, 0.2) is 0 Å². The van der Waals surface area contributed by atoms with Crippen LogP contribution in [0.2, 0.25) is 0 Å². The van der Waals surface area contributed by atoms with Crippen LogP contribution in [0.5, 0.6) is 0 Å². The molecule has 0 aromatic heterocycles. The Labute approximate surface area is 157 Å². The molecule has 2 N–H and O–H groups in total. The van der Waals surface area contributed by atoms with Gasteiger partial charge in [-0.05, 0) is 31.5 Å². The third-order valence-electron chi connectivity index (χ3n) is 4.41. The summed E-state index contributed by atoms with van der Waals surface area (Å²) in [4.78, 5) is 39.5. The van der Waals surface area contributed by atoms with Crippen molar-refractivity contribution < 1.29 is 19.5 Å². The number of amides is 3. The second-order valence-corrected chi connectivity index (χ2v) is 7.26. The number of aliphatic hydroxyl groups is 1. The normalized spacial score (nSPS) is 14.9. The van der Waals surface area contributed by atoms with Crippen molar-refractivity contribution >= 4 is 17.7 Å². The lowest BCUT2D eigenvalue weighted by molar-refractivity contribution is -0.126. The highest BCUT2D eigenvalue weighted by atomic mass is 16.3. The van der Waals surface area contributed by atoms with Crippen molar-refractivity contribution in [2.24, 2.45) is 0 Å². The average molecular weight is 366 g/mol. The van der Waals surface area contributed by atoms with Crippen molar-refractivity contribution in [1.82, 2.24) is 10.2 Å². The predicted octanol–water partition coefficient (Wildman–Crippen LogP) is 1.78. The van der Waals surface area contributed by atoms with Crippen molar-refractivity contribution in [2.45, 2.75) is 31.9 Å². The first-order chi connectivity index (χ1) is 12.8. The zero-order chi connectivity index (χ0) is 19.6. The Morgan fingerprint density at radius 1 is 1.00 bits per heavy atom. The average Bonchev–Trinajstić information content (AvgIpc) is 2.89. The number of benzene rings is 2. The van der Waals surface area contributed by atoms with Gasteiger partial charge in [-0.25, -0.2) is 0 Å². The summed E-state index contributed by atoms with van der Waals surface area (Å²) in [7, 11) is 0. The molecule has 1 heterocycles. The molecule has 0 saturated carbocycles. The Morgan fingerprint density at radius 2 is 1.52 bits per heavy atom. The van der Waals surface area contributed by atoms with Crippen LogP contribution < -0.4 is 5.32 Å². The summed E-state index contributed by atoms with van der Waals surface area (Å²) < 4.78 is 0. The van der Waals surface area contributed by atoms with Crippen LogP contribution in [0.3, 0.4) is 0 Å². The molecule has 2 aromatic carbocycles. The van der Waals surface area contributed by atoms with E-state index in [2.05, 4.69) is 5.32 Å². The summed E-state index contributed by atoms with van der Waals surface area (Å²) in [6.45, 7) is 3.16. The number of hydrogen-bond acceptors (Lipinski definition) is 4. The molecule has 0 unspecified atom stereocenters. The smallest absolute Gasteiger partial charge is 0.262 e. The SMILES string of the molecule is CC(C)(O)CNC(=O)[C@H](Cc1ccccc1)N1C(=O)c2ccccc2C1=O. The summed E-state index contributed by atoms with van der Waals surface area (Å²) >= 11 is 0. The van der Waals surface area contributed by atoms with Gasteiger partial charge in [-0.1, -0.05) is 42.5 Å². The zero-order valence-electron chi connectivity index (χ0n) is 15.3. The number of hydrogen-bond donors (Lipinski definition) is 2. The molecule has 3 amide bonds. The predicted molar refractivity (Wildman–Crippen MR) is 100 cm³/mol. The Kier molecular flexibility index (Phi) is 5.10. The van der Waals surface area contributed by atoms with E-state index in [4.69, 9.17) is 0 Å². The molecule has 6 nitrogen and oxygen atoms in total. The Balaban J connectivity index is 1.91. The van der Waals surface area contributed by atoms with Gasteiger partial charge in [0, 0.05) is 13.0 Å². The second kappa shape index (κ2) is 7.32. The highest BCUT2D eigenvalue weighted by Crippen LogP contribution is 2.26. The molecule has 0 aliphatic carbocycles. The molecule has 2 aromatic rings. The summed E-state index contributed by atoms with van der Waals surface area (Å²) in [5, 5.41) is 12.5. The Bertz CT molecular complexity index is 836. The molecule has 1 aliphatic heterocycles. The maximum atomic E-state index is 12.9. The highest BCUT2D eigenvalue weighted by Gasteiger charge is 2.42. The molecule has 0 bridgehead atoms. The van der Waals surface area contributed by atoms with Gasteiger partial charge in [0.2, 0.25) is 5.91 Å². The molecule has 3 rings (SSSR count). The van der Waals surface area contributed by atoms with Crippen LogP contribution in [-0.4, -0.2) is 45.9 Å². The van der Waals surface area contributed by atoms with Crippen LogP contribution in [0.4, 0.5) is 0 Å². The lowest BCUT2D eigenvalue weighted by Gasteiger charge is -2.27. The fourth-order valence-electron chi connectivity index (χ4n) is 3.05. The van der Waals surface area contributed by atoms with Gasteiger partial charge in [-0.15, -0.1) is 0 Å². The summed E-state index contributed by atoms with van der Waals surface area (Å²) in [5.74, 6) is -1.43. The van der Waals surface area contributed by atoms with Crippen LogP contribution in [-0.2, 0) is 11.2 Å². The first-order valence-corrected chi connectivity index (χ1v) is 8.79. The maximum Gasteiger partial charge on any atom is 0.262 e.